The van der Waals surface area contributed by atoms with Gasteiger partial charge in [0.05, 0.1) is 11.4 Å². The van der Waals surface area contributed by atoms with E-state index in [0.29, 0.717) is 0 Å². The Morgan fingerprint density at radius 3 is 2.35 bits per heavy atom. The largest absolute Gasteiger partial charge is 0.370 e. The van der Waals surface area contributed by atoms with Crippen LogP contribution in [0.3, 0.4) is 0 Å². The molecule has 5 nitrogen and oxygen atoms in total. The lowest BCUT2D eigenvalue weighted by molar-refractivity contribution is 0.142. The van der Waals surface area contributed by atoms with E-state index in [1.807, 2.05) is 17.0 Å². The molecule has 2 aliphatic heterocycles. The number of hydrogen-bond acceptors (Lipinski definition) is 3. The summed E-state index contributed by atoms with van der Waals surface area (Å²) >= 11 is 0. The summed E-state index contributed by atoms with van der Waals surface area (Å²) in [5, 5.41) is 3.19. The molecule has 0 unspecified atom stereocenters. The third-order valence-electron chi connectivity index (χ3n) is 5.57. The van der Waals surface area contributed by atoms with Crippen molar-refractivity contribution in [3.05, 3.63) is 24.3 Å². The Labute approximate surface area is 158 Å². The topological polar surface area (TPSA) is 38.8 Å². The van der Waals surface area contributed by atoms with Crippen molar-refractivity contribution >= 4 is 17.4 Å². The second-order valence-corrected chi connectivity index (χ2v) is 8.49. The normalized spacial score (nSPS) is 20.0. The van der Waals surface area contributed by atoms with Gasteiger partial charge in [-0.05, 0) is 58.6 Å². The Bertz CT molecular complexity index is 604. The van der Waals surface area contributed by atoms with Gasteiger partial charge in [0.2, 0.25) is 0 Å². The van der Waals surface area contributed by atoms with Crippen LogP contribution in [0.2, 0.25) is 0 Å². The van der Waals surface area contributed by atoms with Crippen LogP contribution >= 0.6 is 0 Å². The minimum Gasteiger partial charge on any atom is -0.370 e. The van der Waals surface area contributed by atoms with E-state index >= 15 is 0 Å². The molecule has 2 saturated heterocycles. The van der Waals surface area contributed by atoms with Crippen molar-refractivity contribution in [1.82, 2.24) is 9.80 Å². The van der Waals surface area contributed by atoms with Crippen LogP contribution in [0.1, 0.15) is 46.5 Å². The van der Waals surface area contributed by atoms with Crippen LogP contribution in [0.15, 0.2) is 24.3 Å². The highest BCUT2D eigenvalue weighted by Crippen LogP contribution is 2.28. The standard InChI is InChI=1S/C21H34N4O/c1-21(2,3)25-15-9-14-24(16-17-25)20(26)22-18-10-5-6-11-19(18)23-12-7-4-8-13-23/h5-6,10-11H,4,7-9,12-17H2,1-3H3,(H,22,26). The third-order valence-corrected chi connectivity index (χ3v) is 5.57. The number of piperidine rings is 1. The van der Waals surface area contributed by atoms with Crippen molar-refractivity contribution in [2.45, 2.75) is 52.0 Å². The summed E-state index contributed by atoms with van der Waals surface area (Å²) in [7, 11) is 0. The van der Waals surface area contributed by atoms with E-state index in [1.54, 1.807) is 0 Å². The van der Waals surface area contributed by atoms with Gasteiger partial charge in [0, 0.05) is 44.8 Å². The summed E-state index contributed by atoms with van der Waals surface area (Å²) in [6.45, 7) is 12.5. The molecular formula is C21H34N4O. The maximum atomic E-state index is 12.9. The van der Waals surface area contributed by atoms with Gasteiger partial charge < -0.3 is 15.1 Å². The average molecular weight is 359 g/mol. The molecule has 2 heterocycles. The van der Waals surface area contributed by atoms with Crippen LogP contribution in [0.4, 0.5) is 16.2 Å². The Balaban J connectivity index is 1.65. The molecule has 2 amide bonds. The van der Waals surface area contributed by atoms with E-state index in [1.165, 1.54) is 19.3 Å². The van der Waals surface area contributed by atoms with Gasteiger partial charge in [0.1, 0.15) is 0 Å². The van der Waals surface area contributed by atoms with Crippen molar-refractivity contribution in [1.29, 1.82) is 0 Å². The summed E-state index contributed by atoms with van der Waals surface area (Å²) < 4.78 is 0. The fraction of sp³-hybridized carbons (Fsp3) is 0.667. The smallest absolute Gasteiger partial charge is 0.321 e. The molecule has 0 saturated carbocycles. The summed E-state index contributed by atoms with van der Waals surface area (Å²) in [6, 6.07) is 8.26. The first-order chi connectivity index (χ1) is 12.4. The minimum atomic E-state index is 0.0326. The minimum absolute atomic E-state index is 0.0326. The number of hydrogen-bond donors (Lipinski definition) is 1. The van der Waals surface area contributed by atoms with Gasteiger partial charge in [0.25, 0.3) is 0 Å². The molecule has 1 N–H and O–H groups in total. The van der Waals surface area contributed by atoms with E-state index in [0.717, 1.165) is 57.1 Å². The van der Waals surface area contributed by atoms with E-state index in [9.17, 15) is 4.79 Å². The Morgan fingerprint density at radius 1 is 0.885 bits per heavy atom. The van der Waals surface area contributed by atoms with Gasteiger partial charge in [-0.2, -0.15) is 0 Å². The summed E-state index contributed by atoms with van der Waals surface area (Å²) in [6.07, 6.45) is 4.80. The number of urea groups is 1. The lowest BCUT2D eigenvalue weighted by Crippen LogP contribution is -2.44. The molecule has 0 atom stereocenters. The van der Waals surface area contributed by atoms with Crippen LogP contribution < -0.4 is 10.2 Å². The Kier molecular flexibility index (Phi) is 6.07. The van der Waals surface area contributed by atoms with Gasteiger partial charge in [-0.1, -0.05) is 12.1 Å². The van der Waals surface area contributed by atoms with Crippen LogP contribution in [0.25, 0.3) is 0 Å². The highest BCUT2D eigenvalue weighted by Gasteiger charge is 2.26. The second kappa shape index (κ2) is 8.30. The van der Waals surface area contributed by atoms with Crippen LogP contribution in [0.5, 0.6) is 0 Å². The zero-order valence-electron chi connectivity index (χ0n) is 16.6. The molecule has 0 aromatic heterocycles. The van der Waals surface area contributed by atoms with Crippen molar-refractivity contribution in [2.24, 2.45) is 0 Å². The van der Waals surface area contributed by atoms with Gasteiger partial charge >= 0.3 is 6.03 Å². The molecule has 0 bridgehead atoms. The van der Waals surface area contributed by atoms with Gasteiger partial charge in [-0.3, -0.25) is 4.90 Å². The van der Waals surface area contributed by atoms with Crippen molar-refractivity contribution in [3.63, 3.8) is 0 Å². The number of para-hydroxylation sites is 2. The van der Waals surface area contributed by atoms with Crippen LogP contribution in [-0.2, 0) is 0 Å². The quantitative estimate of drug-likeness (QED) is 0.868. The van der Waals surface area contributed by atoms with Crippen molar-refractivity contribution in [3.8, 4) is 0 Å². The number of nitrogens with one attached hydrogen (secondary N) is 1. The molecular weight excluding hydrogens is 324 g/mol. The third kappa shape index (κ3) is 4.70. The zero-order valence-corrected chi connectivity index (χ0v) is 16.6. The lowest BCUT2D eigenvalue weighted by atomic mass is 10.1. The predicted octanol–water partition coefficient (Wildman–Crippen LogP) is 4.02. The molecule has 2 aliphatic rings. The first-order valence-corrected chi connectivity index (χ1v) is 10.1. The fourth-order valence-corrected chi connectivity index (χ4v) is 3.98. The van der Waals surface area contributed by atoms with E-state index in [-0.39, 0.29) is 11.6 Å². The molecule has 1 aromatic rings. The molecule has 2 fully saturated rings. The van der Waals surface area contributed by atoms with E-state index in [4.69, 9.17) is 0 Å². The number of benzene rings is 1. The molecule has 0 aliphatic carbocycles. The van der Waals surface area contributed by atoms with Gasteiger partial charge in [-0.25, -0.2) is 4.79 Å². The molecule has 5 heteroatoms. The first kappa shape index (κ1) is 19.0. The predicted molar refractivity (Wildman–Crippen MR) is 109 cm³/mol. The molecule has 0 radical (unpaired) electrons. The maximum Gasteiger partial charge on any atom is 0.321 e. The molecule has 1 aromatic carbocycles. The zero-order chi connectivity index (χ0) is 18.6. The van der Waals surface area contributed by atoms with E-state index in [2.05, 4.69) is 48.0 Å². The second-order valence-electron chi connectivity index (χ2n) is 8.49. The van der Waals surface area contributed by atoms with Gasteiger partial charge in [0.15, 0.2) is 0 Å². The number of anilines is 2. The maximum absolute atomic E-state index is 12.9. The summed E-state index contributed by atoms with van der Waals surface area (Å²) in [5.41, 5.74) is 2.26. The number of nitrogens with zero attached hydrogens (tertiary/aromatic N) is 3. The highest BCUT2D eigenvalue weighted by molar-refractivity contribution is 5.93. The molecule has 3 rings (SSSR count). The monoisotopic (exact) mass is 358 g/mol. The number of carbonyl (C=O) groups excluding carboxylic acids is 1. The number of rotatable bonds is 2. The summed E-state index contributed by atoms with van der Waals surface area (Å²) in [4.78, 5) is 19.7. The van der Waals surface area contributed by atoms with Crippen LogP contribution in [-0.4, -0.2) is 60.6 Å². The van der Waals surface area contributed by atoms with Crippen molar-refractivity contribution < 1.29 is 4.79 Å². The molecule has 144 valence electrons. The molecule has 0 spiro atoms. The Morgan fingerprint density at radius 2 is 1.62 bits per heavy atom. The lowest BCUT2D eigenvalue weighted by Gasteiger charge is -2.34. The average Bonchev–Trinajstić information content (AvgIpc) is 2.89. The molecule has 26 heavy (non-hydrogen) atoms. The Hall–Kier alpha value is -1.75. The number of amides is 2. The fourth-order valence-electron chi connectivity index (χ4n) is 3.98. The SMILES string of the molecule is CC(C)(C)N1CCCN(C(=O)Nc2ccccc2N2CCCCC2)CC1. The van der Waals surface area contributed by atoms with Crippen LogP contribution in [0, 0.1) is 0 Å². The number of carbonyl (C=O) groups is 1. The first-order valence-electron chi connectivity index (χ1n) is 10.1. The highest BCUT2D eigenvalue weighted by atomic mass is 16.2. The van der Waals surface area contributed by atoms with E-state index < -0.39 is 0 Å². The van der Waals surface area contributed by atoms with Crippen molar-refractivity contribution in [2.75, 3.05) is 49.5 Å². The van der Waals surface area contributed by atoms with Gasteiger partial charge in [-0.15, -0.1) is 0 Å². The summed E-state index contributed by atoms with van der Waals surface area (Å²) in [5.74, 6) is 0.